The maximum absolute atomic E-state index is 12.1. The average Bonchev–Trinajstić information content (AvgIpc) is 2.37. The van der Waals surface area contributed by atoms with E-state index in [0.29, 0.717) is 13.2 Å². The molecule has 8 heteroatoms. The molecule has 0 spiro atoms. The standard InChI is InChI=1S/C11H19N3O5/c1-3-12-9(15)6-13(2)11(18)14-4-5-19-7-8(14)10(16)17/h8H,3-7H2,1-2H3,(H,12,15)(H,16,17). The number of carboxylic acids is 1. The third-order valence-corrected chi connectivity index (χ3v) is 2.74. The maximum Gasteiger partial charge on any atom is 0.328 e. The highest BCUT2D eigenvalue weighted by molar-refractivity contribution is 5.86. The van der Waals surface area contributed by atoms with Crippen LogP contribution < -0.4 is 5.32 Å². The van der Waals surface area contributed by atoms with Crippen LogP contribution in [0.2, 0.25) is 0 Å². The number of ether oxygens (including phenoxy) is 1. The van der Waals surface area contributed by atoms with E-state index in [-0.39, 0.29) is 25.6 Å². The second-order valence-electron chi connectivity index (χ2n) is 4.21. The summed E-state index contributed by atoms with van der Waals surface area (Å²) < 4.78 is 5.05. The van der Waals surface area contributed by atoms with Crippen LogP contribution in [0.3, 0.4) is 0 Å². The first kappa shape index (κ1) is 15.2. The zero-order valence-corrected chi connectivity index (χ0v) is 11.1. The SMILES string of the molecule is CCNC(=O)CN(C)C(=O)N1CCOCC1C(=O)O. The Bertz CT molecular complexity index is 360. The molecule has 0 saturated carbocycles. The minimum Gasteiger partial charge on any atom is -0.480 e. The van der Waals surface area contributed by atoms with E-state index in [1.54, 1.807) is 6.92 Å². The number of hydrogen-bond donors (Lipinski definition) is 2. The van der Waals surface area contributed by atoms with Gasteiger partial charge in [-0.2, -0.15) is 0 Å². The number of nitrogens with zero attached hydrogens (tertiary/aromatic N) is 2. The second-order valence-corrected chi connectivity index (χ2v) is 4.21. The highest BCUT2D eigenvalue weighted by Gasteiger charge is 2.34. The van der Waals surface area contributed by atoms with Crippen molar-refractivity contribution in [2.24, 2.45) is 0 Å². The number of urea groups is 1. The second kappa shape index (κ2) is 6.93. The van der Waals surface area contributed by atoms with Crippen LogP contribution in [0.4, 0.5) is 4.79 Å². The van der Waals surface area contributed by atoms with E-state index in [1.165, 1.54) is 16.8 Å². The molecule has 2 N–H and O–H groups in total. The zero-order chi connectivity index (χ0) is 14.4. The number of carboxylic acid groups (broad SMARTS) is 1. The summed E-state index contributed by atoms with van der Waals surface area (Å²) in [5.74, 6) is -1.39. The fourth-order valence-corrected chi connectivity index (χ4v) is 1.79. The van der Waals surface area contributed by atoms with Crippen LogP contribution in [0.15, 0.2) is 0 Å². The summed E-state index contributed by atoms with van der Waals surface area (Å²) in [5, 5.41) is 11.6. The lowest BCUT2D eigenvalue weighted by molar-refractivity contribution is -0.147. The Morgan fingerprint density at radius 2 is 2.16 bits per heavy atom. The zero-order valence-electron chi connectivity index (χ0n) is 11.1. The molecule has 108 valence electrons. The van der Waals surface area contributed by atoms with Crippen LogP contribution >= 0.6 is 0 Å². The van der Waals surface area contributed by atoms with Crippen molar-refractivity contribution in [3.8, 4) is 0 Å². The van der Waals surface area contributed by atoms with Crippen LogP contribution in [-0.4, -0.2) is 78.8 Å². The van der Waals surface area contributed by atoms with E-state index < -0.39 is 18.0 Å². The van der Waals surface area contributed by atoms with Gasteiger partial charge in [0.1, 0.15) is 6.54 Å². The minimum absolute atomic E-state index is 0.0317. The molecule has 1 rings (SSSR count). The Labute approximate surface area is 111 Å². The Hall–Kier alpha value is -1.83. The predicted molar refractivity (Wildman–Crippen MR) is 65.7 cm³/mol. The van der Waals surface area contributed by atoms with Gasteiger partial charge in [-0.05, 0) is 6.92 Å². The molecule has 0 aromatic rings. The van der Waals surface area contributed by atoms with Crippen LogP contribution in [-0.2, 0) is 14.3 Å². The molecule has 1 heterocycles. The lowest BCUT2D eigenvalue weighted by Gasteiger charge is -2.35. The van der Waals surface area contributed by atoms with E-state index in [4.69, 9.17) is 9.84 Å². The smallest absolute Gasteiger partial charge is 0.328 e. The summed E-state index contributed by atoms with van der Waals surface area (Å²) >= 11 is 0. The Morgan fingerprint density at radius 3 is 2.74 bits per heavy atom. The number of nitrogens with one attached hydrogen (secondary N) is 1. The maximum atomic E-state index is 12.1. The monoisotopic (exact) mass is 273 g/mol. The number of rotatable bonds is 4. The van der Waals surface area contributed by atoms with Crippen LogP contribution in [0.25, 0.3) is 0 Å². The number of carbonyl (C=O) groups excluding carboxylic acids is 2. The molecule has 3 amide bonds. The number of amides is 3. The van der Waals surface area contributed by atoms with Gasteiger partial charge in [-0.1, -0.05) is 0 Å². The first-order chi connectivity index (χ1) is 8.97. The number of likely N-dealkylation sites (N-methyl/N-ethyl adjacent to an activating group) is 2. The molecule has 1 unspecified atom stereocenters. The molecule has 8 nitrogen and oxygen atoms in total. The largest absolute Gasteiger partial charge is 0.480 e. The molecule has 1 aliphatic rings. The summed E-state index contributed by atoms with van der Waals surface area (Å²) in [4.78, 5) is 37.0. The highest BCUT2D eigenvalue weighted by atomic mass is 16.5. The highest BCUT2D eigenvalue weighted by Crippen LogP contribution is 2.10. The molecule has 0 aliphatic carbocycles. The molecule has 1 fully saturated rings. The number of morpholine rings is 1. The molecule has 0 aromatic carbocycles. The summed E-state index contributed by atoms with van der Waals surface area (Å²) in [7, 11) is 1.46. The van der Waals surface area contributed by atoms with Gasteiger partial charge in [-0.15, -0.1) is 0 Å². The minimum atomic E-state index is -1.11. The van der Waals surface area contributed by atoms with E-state index in [1.807, 2.05) is 0 Å². The third-order valence-electron chi connectivity index (χ3n) is 2.74. The van der Waals surface area contributed by atoms with Crippen molar-refractivity contribution in [3.05, 3.63) is 0 Å². The van der Waals surface area contributed by atoms with Crippen molar-refractivity contribution in [3.63, 3.8) is 0 Å². The fraction of sp³-hybridized carbons (Fsp3) is 0.727. The predicted octanol–water partition coefficient (Wildman–Crippen LogP) is -1.04. The normalized spacial score (nSPS) is 18.8. The van der Waals surface area contributed by atoms with Gasteiger partial charge in [0.05, 0.1) is 13.2 Å². The lowest BCUT2D eigenvalue weighted by atomic mass is 10.2. The van der Waals surface area contributed by atoms with Gasteiger partial charge < -0.3 is 25.0 Å². The lowest BCUT2D eigenvalue weighted by Crippen LogP contribution is -2.56. The van der Waals surface area contributed by atoms with Gasteiger partial charge in [-0.3, -0.25) is 4.79 Å². The van der Waals surface area contributed by atoms with Gasteiger partial charge in [0.2, 0.25) is 5.91 Å². The topological polar surface area (TPSA) is 99.2 Å². The number of hydrogen-bond acceptors (Lipinski definition) is 4. The number of aliphatic carboxylic acids is 1. The van der Waals surface area contributed by atoms with Gasteiger partial charge in [-0.25, -0.2) is 9.59 Å². The average molecular weight is 273 g/mol. The van der Waals surface area contributed by atoms with Crippen LogP contribution in [0.1, 0.15) is 6.92 Å². The van der Waals surface area contributed by atoms with Crippen molar-refractivity contribution in [1.29, 1.82) is 0 Å². The van der Waals surface area contributed by atoms with E-state index in [0.717, 1.165) is 0 Å². The van der Waals surface area contributed by atoms with Gasteiger partial charge in [0, 0.05) is 20.1 Å². The molecule has 19 heavy (non-hydrogen) atoms. The number of carbonyl (C=O) groups is 3. The van der Waals surface area contributed by atoms with Gasteiger partial charge in [0.15, 0.2) is 6.04 Å². The molecule has 1 aliphatic heterocycles. The summed E-state index contributed by atoms with van der Waals surface area (Å²) in [6.07, 6.45) is 0. The van der Waals surface area contributed by atoms with Crippen LogP contribution in [0.5, 0.6) is 0 Å². The molecule has 0 bridgehead atoms. The van der Waals surface area contributed by atoms with Gasteiger partial charge >= 0.3 is 12.0 Å². The van der Waals surface area contributed by atoms with Crippen molar-refractivity contribution in [2.45, 2.75) is 13.0 Å². The molecular weight excluding hydrogens is 254 g/mol. The Kier molecular flexibility index (Phi) is 5.56. The first-order valence-electron chi connectivity index (χ1n) is 6.06. The van der Waals surface area contributed by atoms with E-state index in [2.05, 4.69) is 5.32 Å². The Morgan fingerprint density at radius 1 is 1.47 bits per heavy atom. The molecule has 0 aromatic heterocycles. The summed E-state index contributed by atoms with van der Waals surface area (Å²) in [6.45, 7) is 2.63. The van der Waals surface area contributed by atoms with Crippen molar-refractivity contribution >= 4 is 17.9 Å². The first-order valence-corrected chi connectivity index (χ1v) is 6.06. The fourth-order valence-electron chi connectivity index (χ4n) is 1.79. The van der Waals surface area contributed by atoms with Crippen molar-refractivity contribution in [2.75, 3.05) is 39.9 Å². The molecule has 1 atom stereocenters. The molecule has 0 radical (unpaired) electrons. The van der Waals surface area contributed by atoms with Crippen molar-refractivity contribution in [1.82, 2.24) is 15.1 Å². The third kappa shape index (κ3) is 4.09. The summed E-state index contributed by atoms with van der Waals surface area (Å²) in [5.41, 5.74) is 0. The van der Waals surface area contributed by atoms with E-state index >= 15 is 0 Å². The van der Waals surface area contributed by atoms with Crippen LogP contribution in [0, 0.1) is 0 Å². The van der Waals surface area contributed by atoms with Gasteiger partial charge in [0.25, 0.3) is 0 Å². The summed E-state index contributed by atoms with van der Waals surface area (Å²) in [6, 6.07) is -1.49. The molecular formula is C11H19N3O5. The quantitative estimate of drug-likeness (QED) is 0.681. The Balaban J connectivity index is 2.63. The molecule has 1 saturated heterocycles. The van der Waals surface area contributed by atoms with E-state index in [9.17, 15) is 14.4 Å². The van der Waals surface area contributed by atoms with Crippen molar-refractivity contribution < 1.29 is 24.2 Å².